The zero-order valence-electron chi connectivity index (χ0n) is 18.7. The summed E-state index contributed by atoms with van der Waals surface area (Å²) in [4.78, 5) is 19.9. The molecule has 2 aromatic rings. The molecule has 0 N–H and O–H groups in total. The van der Waals surface area contributed by atoms with E-state index in [-0.39, 0.29) is 5.91 Å². The highest BCUT2D eigenvalue weighted by Crippen LogP contribution is 2.21. The van der Waals surface area contributed by atoms with Gasteiger partial charge in [0.25, 0.3) is 0 Å². The Morgan fingerprint density at radius 2 is 1.68 bits per heavy atom. The smallest absolute Gasteiger partial charge is 0.224 e. The highest BCUT2D eigenvalue weighted by Gasteiger charge is 2.28. The highest BCUT2D eigenvalue weighted by atomic mass is 16.5. The first-order valence-electron chi connectivity index (χ1n) is 11.6. The van der Waals surface area contributed by atoms with Crippen LogP contribution in [0, 0.1) is 0 Å². The molecule has 0 radical (unpaired) electrons. The van der Waals surface area contributed by atoms with Crippen molar-refractivity contribution < 1.29 is 9.53 Å². The van der Waals surface area contributed by atoms with Crippen LogP contribution in [0.1, 0.15) is 30.4 Å². The molecule has 4 rings (SSSR count). The lowest BCUT2D eigenvalue weighted by molar-refractivity contribution is -0.130. The number of carbonyl (C=O) groups is 1. The highest BCUT2D eigenvalue weighted by molar-refractivity contribution is 5.76. The Kier molecular flexibility index (Phi) is 7.60. The van der Waals surface area contributed by atoms with Crippen LogP contribution in [0.4, 0.5) is 0 Å². The van der Waals surface area contributed by atoms with E-state index < -0.39 is 0 Å². The van der Waals surface area contributed by atoms with Gasteiger partial charge in [0.2, 0.25) is 5.91 Å². The fraction of sp³-hybridized carbons (Fsp3) is 0.500. The predicted octanol–water partition coefficient (Wildman–Crippen LogP) is 3.44. The first-order chi connectivity index (χ1) is 15.2. The topological polar surface area (TPSA) is 36.0 Å². The molecule has 5 nitrogen and oxygen atoms in total. The molecule has 0 unspecified atom stereocenters. The summed E-state index contributed by atoms with van der Waals surface area (Å²) in [5.74, 6) is 1.12. The molecule has 2 saturated heterocycles. The summed E-state index contributed by atoms with van der Waals surface area (Å²) in [6.07, 6.45) is 4.17. The number of carbonyl (C=O) groups excluding carboxylic acids is 1. The molecule has 2 aliphatic heterocycles. The Morgan fingerprint density at radius 3 is 2.45 bits per heavy atom. The molecular formula is C26H35N3O2. The molecule has 2 fully saturated rings. The molecule has 1 amide bonds. The number of nitrogens with zero attached hydrogens (tertiary/aromatic N) is 3. The average Bonchev–Trinajstić information content (AvgIpc) is 3.00. The Morgan fingerprint density at radius 1 is 0.903 bits per heavy atom. The maximum Gasteiger partial charge on any atom is 0.224 e. The number of likely N-dealkylation sites (tertiary alicyclic amines) is 1. The van der Waals surface area contributed by atoms with Crippen molar-refractivity contribution in [3.05, 3.63) is 65.7 Å². The standard InChI is InChI=1S/C26H35N3O2/c1-31-25-9-5-8-23(20-25)21-29-19-18-28(17-13-26(29)30)24-11-15-27(16-12-24)14-10-22-6-3-2-4-7-22/h2-9,20,24H,10-19,21H2,1H3. The zero-order chi connectivity index (χ0) is 21.5. The third-order valence-corrected chi connectivity index (χ3v) is 6.76. The number of methoxy groups -OCH3 is 1. The van der Waals surface area contributed by atoms with Gasteiger partial charge in [0.1, 0.15) is 5.75 Å². The first-order valence-corrected chi connectivity index (χ1v) is 11.6. The fourth-order valence-corrected chi connectivity index (χ4v) is 4.85. The molecule has 5 heteroatoms. The van der Waals surface area contributed by atoms with Crippen LogP contribution in [0.5, 0.6) is 5.75 Å². The Balaban J connectivity index is 1.24. The maximum absolute atomic E-state index is 12.7. The number of hydrogen-bond acceptors (Lipinski definition) is 4. The second-order valence-electron chi connectivity index (χ2n) is 8.76. The van der Waals surface area contributed by atoms with Crippen molar-refractivity contribution in [2.45, 2.75) is 38.3 Å². The van der Waals surface area contributed by atoms with E-state index in [0.717, 1.165) is 57.0 Å². The SMILES string of the molecule is COc1cccc(CN2CCN(C3CCN(CCc4ccccc4)CC3)CCC2=O)c1. The Labute approximate surface area is 186 Å². The van der Waals surface area contributed by atoms with E-state index in [1.807, 2.05) is 23.1 Å². The van der Waals surface area contributed by atoms with Gasteiger partial charge in [-0.3, -0.25) is 9.69 Å². The summed E-state index contributed by atoms with van der Waals surface area (Å²) < 4.78 is 5.33. The summed E-state index contributed by atoms with van der Waals surface area (Å²) in [5.41, 5.74) is 2.56. The summed E-state index contributed by atoms with van der Waals surface area (Å²) in [7, 11) is 1.68. The van der Waals surface area contributed by atoms with Crippen LogP contribution in [0.2, 0.25) is 0 Å². The second-order valence-corrected chi connectivity index (χ2v) is 8.76. The predicted molar refractivity (Wildman–Crippen MR) is 124 cm³/mol. The molecule has 0 aliphatic carbocycles. The van der Waals surface area contributed by atoms with E-state index in [9.17, 15) is 4.79 Å². The molecule has 0 bridgehead atoms. The number of amides is 1. The quantitative estimate of drug-likeness (QED) is 0.686. The van der Waals surface area contributed by atoms with Crippen molar-refractivity contribution in [2.24, 2.45) is 0 Å². The lowest BCUT2D eigenvalue weighted by Gasteiger charge is -2.38. The summed E-state index contributed by atoms with van der Waals surface area (Å²) >= 11 is 0. The van der Waals surface area contributed by atoms with Crippen molar-refractivity contribution in [3.63, 3.8) is 0 Å². The van der Waals surface area contributed by atoms with Crippen LogP contribution in [0.3, 0.4) is 0 Å². The van der Waals surface area contributed by atoms with Gasteiger partial charge < -0.3 is 14.5 Å². The van der Waals surface area contributed by atoms with Gasteiger partial charge in [0, 0.05) is 45.2 Å². The fourth-order valence-electron chi connectivity index (χ4n) is 4.85. The van der Waals surface area contributed by atoms with Gasteiger partial charge in [-0.15, -0.1) is 0 Å². The van der Waals surface area contributed by atoms with Crippen molar-refractivity contribution in [2.75, 3.05) is 46.4 Å². The van der Waals surface area contributed by atoms with Crippen LogP contribution in [-0.2, 0) is 17.8 Å². The summed E-state index contributed by atoms with van der Waals surface area (Å²) in [5, 5.41) is 0. The number of rotatable bonds is 7. The molecule has 0 atom stereocenters. The van der Waals surface area contributed by atoms with Crippen molar-refractivity contribution in [1.82, 2.24) is 14.7 Å². The molecule has 0 aromatic heterocycles. The maximum atomic E-state index is 12.7. The number of benzene rings is 2. The Bertz CT molecular complexity index is 834. The van der Waals surface area contributed by atoms with Crippen LogP contribution < -0.4 is 4.74 Å². The monoisotopic (exact) mass is 421 g/mol. The molecular weight excluding hydrogens is 386 g/mol. The van der Waals surface area contributed by atoms with E-state index in [4.69, 9.17) is 4.74 Å². The van der Waals surface area contributed by atoms with Crippen LogP contribution in [0.15, 0.2) is 54.6 Å². The largest absolute Gasteiger partial charge is 0.497 e. The van der Waals surface area contributed by atoms with Crippen molar-refractivity contribution in [1.29, 1.82) is 0 Å². The minimum Gasteiger partial charge on any atom is -0.497 e. The van der Waals surface area contributed by atoms with Crippen LogP contribution >= 0.6 is 0 Å². The average molecular weight is 422 g/mol. The molecule has 2 aromatic carbocycles. The van der Waals surface area contributed by atoms with Crippen molar-refractivity contribution in [3.8, 4) is 5.75 Å². The Hall–Kier alpha value is -2.37. The van der Waals surface area contributed by atoms with Gasteiger partial charge in [-0.25, -0.2) is 0 Å². The first kappa shape index (κ1) is 21.8. The van der Waals surface area contributed by atoms with Crippen molar-refractivity contribution >= 4 is 5.91 Å². The second kappa shape index (κ2) is 10.8. The number of ether oxygens (including phenoxy) is 1. The molecule has 2 aliphatic rings. The van der Waals surface area contributed by atoms with Gasteiger partial charge in [-0.1, -0.05) is 42.5 Å². The van der Waals surface area contributed by atoms with E-state index in [1.165, 1.54) is 18.4 Å². The molecule has 0 saturated carbocycles. The van der Waals surface area contributed by atoms with Gasteiger partial charge in [0.15, 0.2) is 0 Å². The lowest BCUT2D eigenvalue weighted by Crippen LogP contribution is -2.46. The third kappa shape index (κ3) is 6.08. The summed E-state index contributed by atoms with van der Waals surface area (Å²) in [6, 6.07) is 19.4. The van der Waals surface area contributed by atoms with E-state index in [1.54, 1.807) is 7.11 Å². The zero-order valence-corrected chi connectivity index (χ0v) is 18.7. The van der Waals surface area contributed by atoms with Gasteiger partial charge in [0.05, 0.1) is 7.11 Å². The van der Waals surface area contributed by atoms with Gasteiger partial charge >= 0.3 is 0 Å². The molecule has 166 valence electrons. The molecule has 0 spiro atoms. The summed E-state index contributed by atoms with van der Waals surface area (Å²) in [6.45, 7) is 6.81. The van der Waals surface area contributed by atoms with Gasteiger partial charge in [-0.2, -0.15) is 0 Å². The van der Waals surface area contributed by atoms with Gasteiger partial charge in [-0.05, 0) is 55.6 Å². The third-order valence-electron chi connectivity index (χ3n) is 6.76. The van der Waals surface area contributed by atoms with E-state index in [2.05, 4.69) is 46.2 Å². The normalized spacial score (nSPS) is 19.4. The number of hydrogen-bond donors (Lipinski definition) is 0. The molecule has 31 heavy (non-hydrogen) atoms. The number of piperidine rings is 1. The minimum absolute atomic E-state index is 0.269. The minimum atomic E-state index is 0.269. The lowest BCUT2D eigenvalue weighted by atomic mass is 10.0. The van der Waals surface area contributed by atoms with E-state index >= 15 is 0 Å². The van der Waals surface area contributed by atoms with E-state index in [0.29, 0.717) is 19.0 Å². The van der Waals surface area contributed by atoms with Crippen LogP contribution in [-0.4, -0.2) is 73.0 Å². The van der Waals surface area contributed by atoms with Crippen LogP contribution in [0.25, 0.3) is 0 Å². The molecule has 2 heterocycles.